The Labute approximate surface area is 133 Å². The number of carbonyl (C=O) groups is 1. The van der Waals surface area contributed by atoms with Gasteiger partial charge in [-0.3, -0.25) is 4.79 Å². The molecule has 0 saturated carbocycles. The largest absolute Gasteiger partial charge is 0.312 e. The van der Waals surface area contributed by atoms with Crippen molar-refractivity contribution in [2.24, 2.45) is 5.92 Å². The Bertz CT molecular complexity index is 807. The molecule has 0 aliphatic carbocycles. The lowest BCUT2D eigenvalue weighted by molar-refractivity contribution is -0.117. The molecule has 1 aromatic carbocycles. The molecule has 1 amide bonds. The van der Waals surface area contributed by atoms with E-state index in [1.807, 2.05) is 18.2 Å². The maximum atomic E-state index is 12.8. The standard InChI is InChI=1S/C14H15FN4O3S/c15-23(21,22)8-12-5-14(20)19(7-12)13-3-1-2-11(4-13)6-18-10-16-9-17-18/h1-4,9-10,12H,5-8H2. The van der Waals surface area contributed by atoms with E-state index in [9.17, 15) is 17.1 Å². The molecule has 1 aliphatic heterocycles. The summed E-state index contributed by atoms with van der Waals surface area (Å²) in [4.78, 5) is 17.5. The van der Waals surface area contributed by atoms with Crippen LogP contribution in [0, 0.1) is 5.92 Å². The van der Waals surface area contributed by atoms with E-state index in [4.69, 9.17) is 0 Å². The normalized spacial score (nSPS) is 18.6. The van der Waals surface area contributed by atoms with Gasteiger partial charge in [-0.1, -0.05) is 12.1 Å². The van der Waals surface area contributed by atoms with Crippen molar-refractivity contribution < 1.29 is 17.1 Å². The predicted octanol–water partition coefficient (Wildman–Crippen LogP) is 0.979. The SMILES string of the molecule is O=C1CC(CS(=O)(=O)F)CN1c1cccc(Cn2cncn2)c1. The highest BCUT2D eigenvalue weighted by Gasteiger charge is 2.33. The second-order valence-electron chi connectivity index (χ2n) is 5.54. The fourth-order valence-corrected chi connectivity index (χ4v) is 3.53. The quantitative estimate of drug-likeness (QED) is 0.759. The van der Waals surface area contributed by atoms with Crippen LogP contribution >= 0.6 is 0 Å². The highest BCUT2D eigenvalue weighted by molar-refractivity contribution is 7.86. The lowest BCUT2D eigenvalue weighted by Crippen LogP contribution is -2.25. The second kappa shape index (κ2) is 6.07. The van der Waals surface area contributed by atoms with Gasteiger partial charge in [0.15, 0.2) is 0 Å². The Morgan fingerprint density at radius 1 is 1.35 bits per heavy atom. The van der Waals surface area contributed by atoms with E-state index in [-0.39, 0.29) is 18.9 Å². The number of aromatic nitrogens is 3. The van der Waals surface area contributed by atoms with Crippen LogP contribution in [0.5, 0.6) is 0 Å². The van der Waals surface area contributed by atoms with E-state index in [0.717, 1.165) is 5.56 Å². The molecule has 122 valence electrons. The summed E-state index contributed by atoms with van der Waals surface area (Å²) in [6, 6.07) is 7.32. The molecule has 0 spiro atoms. The van der Waals surface area contributed by atoms with Crippen molar-refractivity contribution in [3.05, 3.63) is 42.5 Å². The molecule has 2 heterocycles. The maximum Gasteiger partial charge on any atom is 0.302 e. The number of hydrogen-bond donors (Lipinski definition) is 0. The first-order valence-corrected chi connectivity index (χ1v) is 8.60. The predicted molar refractivity (Wildman–Crippen MR) is 80.9 cm³/mol. The Kier molecular flexibility index (Phi) is 4.12. The van der Waals surface area contributed by atoms with Crippen LogP contribution in [0.2, 0.25) is 0 Å². The van der Waals surface area contributed by atoms with Crippen LogP contribution in [0.15, 0.2) is 36.9 Å². The number of hydrogen-bond acceptors (Lipinski definition) is 5. The average molecular weight is 338 g/mol. The molecular formula is C14H15FN4O3S. The minimum absolute atomic E-state index is 0.0381. The van der Waals surface area contributed by atoms with Gasteiger partial charge in [-0.25, -0.2) is 9.67 Å². The fourth-order valence-electron chi connectivity index (χ4n) is 2.75. The van der Waals surface area contributed by atoms with Gasteiger partial charge in [0, 0.05) is 24.6 Å². The molecule has 3 rings (SSSR count). The van der Waals surface area contributed by atoms with E-state index in [0.29, 0.717) is 12.2 Å². The molecule has 0 N–H and O–H groups in total. The zero-order valence-corrected chi connectivity index (χ0v) is 13.0. The number of rotatable bonds is 5. The topological polar surface area (TPSA) is 85.2 Å². The van der Waals surface area contributed by atoms with E-state index in [1.165, 1.54) is 11.2 Å². The Morgan fingerprint density at radius 2 is 2.17 bits per heavy atom. The van der Waals surface area contributed by atoms with Crippen molar-refractivity contribution in [1.82, 2.24) is 14.8 Å². The molecule has 1 atom stereocenters. The maximum absolute atomic E-state index is 12.8. The number of anilines is 1. The number of benzene rings is 1. The third-order valence-corrected chi connectivity index (χ3v) is 4.54. The Balaban J connectivity index is 1.75. The first-order valence-electron chi connectivity index (χ1n) is 7.05. The van der Waals surface area contributed by atoms with Crippen LogP contribution < -0.4 is 4.90 Å². The average Bonchev–Trinajstić information content (AvgIpc) is 3.07. The summed E-state index contributed by atoms with van der Waals surface area (Å²) in [6.45, 7) is 0.715. The van der Waals surface area contributed by atoms with Gasteiger partial charge in [0.25, 0.3) is 0 Å². The lowest BCUT2D eigenvalue weighted by Gasteiger charge is -2.17. The Hall–Kier alpha value is -2.29. The zero-order chi connectivity index (χ0) is 16.4. The Morgan fingerprint density at radius 3 is 2.87 bits per heavy atom. The molecular weight excluding hydrogens is 323 g/mol. The van der Waals surface area contributed by atoms with Crippen LogP contribution in [0.3, 0.4) is 0 Å². The van der Waals surface area contributed by atoms with Gasteiger partial charge in [-0.05, 0) is 17.7 Å². The van der Waals surface area contributed by atoms with Crippen molar-refractivity contribution in [2.75, 3.05) is 17.2 Å². The van der Waals surface area contributed by atoms with Crippen molar-refractivity contribution in [3.63, 3.8) is 0 Å². The van der Waals surface area contributed by atoms with E-state index in [1.54, 1.807) is 17.1 Å². The molecule has 2 aromatic rings. The highest BCUT2D eigenvalue weighted by atomic mass is 32.3. The summed E-state index contributed by atoms with van der Waals surface area (Å²) < 4.78 is 36.0. The van der Waals surface area contributed by atoms with E-state index < -0.39 is 21.9 Å². The van der Waals surface area contributed by atoms with Gasteiger partial charge in [-0.2, -0.15) is 13.5 Å². The number of amides is 1. The third-order valence-electron chi connectivity index (χ3n) is 3.67. The molecule has 1 fully saturated rings. The smallest absolute Gasteiger partial charge is 0.302 e. The van der Waals surface area contributed by atoms with Crippen LogP contribution in [0.25, 0.3) is 0 Å². The van der Waals surface area contributed by atoms with E-state index in [2.05, 4.69) is 10.1 Å². The van der Waals surface area contributed by atoms with E-state index >= 15 is 0 Å². The van der Waals surface area contributed by atoms with Crippen molar-refractivity contribution in [2.45, 2.75) is 13.0 Å². The highest BCUT2D eigenvalue weighted by Crippen LogP contribution is 2.27. The van der Waals surface area contributed by atoms with Crippen molar-refractivity contribution in [1.29, 1.82) is 0 Å². The summed E-state index contributed by atoms with van der Waals surface area (Å²) in [6.07, 6.45) is 3.07. The molecule has 9 heteroatoms. The fraction of sp³-hybridized carbons (Fsp3) is 0.357. The lowest BCUT2D eigenvalue weighted by atomic mass is 10.1. The molecule has 1 aliphatic rings. The zero-order valence-electron chi connectivity index (χ0n) is 12.2. The van der Waals surface area contributed by atoms with Gasteiger partial charge >= 0.3 is 10.2 Å². The van der Waals surface area contributed by atoms with Gasteiger partial charge in [0.1, 0.15) is 12.7 Å². The first-order chi connectivity index (χ1) is 10.9. The first kappa shape index (κ1) is 15.6. The van der Waals surface area contributed by atoms with Gasteiger partial charge in [0.05, 0.1) is 12.3 Å². The summed E-state index contributed by atoms with van der Waals surface area (Å²) in [5.74, 6) is -1.33. The molecule has 1 aromatic heterocycles. The van der Waals surface area contributed by atoms with Crippen LogP contribution in [-0.2, 0) is 21.6 Å². The number of nitrogens with zero attached hydrogens (tertiary/aromatic N) is 4. The molecule has 23 heavy (non-hydrogen) atoms. The van der Waals surface area contributed by atoms with Crippen molar-refractivity contribution >= 4 is 21.8 Å². The summed E-state index contributed by atoms with van der Waals surface area (Å²) in [7, 11) is -4.58. The molecule has 1 saturated heterocycles. The van der Waals surface area contributed by atoms with Crippen LogP contribution in [0.1, 0.15) is 12.0 Å². The summed E-state index contributed by atoms with van der Waals surface area (Å²) in [5, 5.41) is 4.02. The minimum atomic E-state index is -4.58. The van der Waals surface area contributed by atoms with Crippen LogP contribution in [0.4, 0.5) is 9.57 Å². The number of carbonyl (C=O) groups excluding carboxylic acids is 1. The van der Waals surface area contributed by atoms with Gasteiger partial charge in [0.2, 0.25) is 5.91 Å². The summed E-state index contributed by atoms with van der Waals surface area (Å²) >= 11 is 0. The molecule has 7 nitrogen and oxygen atoms in total. The van der Waals surface area contributed by atoms with Crippen LogP contribution in [-0.4, -0.2) is 41.4 Å². The molecule has 1 unspecified atom stereocenters. The monoisotopic (exact) mass is 338 g/mol. The molecule has 0 radical (unpaired) electrons. The van der Waals surface area contributed by atoms with Crippen molar-refractivity contribution in [3.8, 4) is 0 Å². The summed E-state index contributed by atoms with van der Waals surface area (Å²) in [5.41, 5.74) is 1.61. The number of halogens is 1. The molecule has 0 bridgehead atoms. The van der Waals surface area contributed by atoms with Gasteiger partial charge in [-0.15, -0.1) is 3.89 Å². The minimum Gasteiger partial charge on any atom is -0.312 e. The third kappa shape index (κ3) is 3.92. The second-order valence-corrected chi connectivity index (χ2v) is 6.95. The van der Waals surface area contributed by atoms with Gasteiger partial charge < -0.3 is 4.90 Å².